The molecule has 1 aliphatic rings. The van der Waals surface area contributed by atoms with Gasteiger partial charge in [0, 0.05) is 22.3 Å². The van der Waals surface area contributed by atoms with Crippen LogP contribution in [0.15, 0.2) is 36.4 Å². The normalized spacial score (nSPS) is 14.5. The summed E-state index contributed by atoms with van der Waals surface area (Å²) in [4.78, 5) is 14.8. The van der Waals surface area contributed by atoms with Crippen LogP contribution in [-0.2, 0) is 4.74 Å². The summed E-state index contributed by atoms with van der Waals surface area (Å²) in [7, 11) is 0. The summed E-state index contributed by atoms with van der Waals surface area (Å²) < 4.78 is 6.32. The molecule has 3 rings (SSSR count). The third-order valence-electron chi connectivity index (χ3n) is 4.09. The molecular weight excluding hydrogens is 417 g/mol. The number of amides is 1. The van der Waals surface area contributed by atoms with E-state index in [1.165, 1.54) is 0 Å². The van der Waals surface area contributed by atoms with E-state index in [1.807, 2.05) is 43.3 Å². The molecule has 6 heteroatoms. The highest BCUT2D eigenvalue weighted by Gasteiger charge is 2.17. The summed E-state index contributed by atoms with van der Waals surface area (Å²) in [6.07, 6.45) is 0. The number of nitrogen functional groups attached to an aromatic ring is 1. The fraction of sp³-hybridized carbons (Fsp3) is 0.278. The number of nitrogens with two attached hydrogens (primary N) is 1. The van der Waals surface area contributed by atoms with E-state index in [0.29, 0.717) is 18.8 Å². The van der Waals surface area contributed by atoms with Gasteiger partial charge in [-0.15, -0.1) is 0 Å². The van der Waals surface area contributed by atoms with Crippen LogP contribution in [0.4, 0.5) is 17.1 Å². The zero-order chi connectivity index (χ0) is 17.1. The van der Waals surface area contributed by atoms with Crippen LogP contribution >= 0.6 is 22.6 Å². The molecule has 1 amide bonds. The summed E-state index contributed by atoms with van der Waals surface area (Å²) in [5.41, 5.74) is 10.3. The van der Waals surface area contributed by atoms with Gasteiger partial charge in [0.05, 0.1) is 30.2 Å². The average molecular weight is 437 g/mol. The summed E-state index contributed by atoms with van der Waals surface area (Å²) in [6.45, 7) is 4.94. The first-order chi connectivity index (χ1) is 11.6. The maximum absolute atomic E-state index is 12.6. The van der Waals surface area contributed by atoms with Crippen molar-refractivity contribution >= 4 is 45.6 Å². The Balaban J connectivity index is 1.87. The Bertz CT molecular complexity index is 758. The van der Waals surface area contributed by atoms with Crippen LogP contribution < -0.4 is 16.0 Å². The second-order valence-corrected chi connectivity index (χ2v) is 6.92. The number of hydrogen-bond donors (Lipinski definition) is 2. The van der Waals surface area contributed by atoms with Crippen molar-refractivity contribution in [3.8, 4) is 0 Å². The first-order valence-electron chi connectivity index (χ1n) is 7.85. The number of halogens is 1. The molecule has 3 N–H and O–H groups in total. The molecular formula is C18H20IN3O2. The minimum atomic E-state index is -0.110. The van der Waals surface area contributed by atoms with Crippen molar-refractivity contribution < 1.29 is 9.53 Å². The van der Waals surface area contributed by atoms with Gasteiger partial charge in [-0.3, -0.25) is 4.79 Å². The van der Waals surface area contributed by atoms with Crippen molar-refractivity contribution in [2.75, 3.05) is 42.3 Å². The highest BCUT2D eigenvalue weighted by molar-refractivity contribution is 14.1. The van der Waals surface area contributed by atoms with E-state index in [2.05, 4.69) is 32.8 Å². The smallest absolute Gasteiger partial charge is 0.256 e. The lowest BCUT2D eigenvalue weighted by Gasteiger charge is -2.30. The van der Waals surface area contributed by atoms with Gasteiger partial charge in [0.15, 0.2) is 0 Å². The molecule has 2 aromatic rings. The number of carbonyl (C=O) groups excluding carboxylic acids is 1. The van der Waals surface area contributed by atoms with E-state index in [-0.39, 0.29) is 5.91 Å². The Hall–Kier alpha value is -1.80. The fourth-order valence-corrected chi connectivity index (χ4v) is 3.40. The first kappa shape index (κ1) is 17.0. The van der Waals surface area contributed by atoms with E-state index >= 15 is 0 Å². The molecule has 1 saturated heterocycles. The first-order valence-corrected chi connectivity index (χ1v) is 8.93. The zero-order valence-corrected chi connectivity index (χ0v) is 15.7. The number of carbonyl (C=O) groups is 1. The number of nitrogens with zero attached hydrogens (tertiary/aromatic N) is 1. The number of anilines is 3. The van der Waals surface area contributed by atoms with Crippen LogP contribution in [0.2, 0.25) is 0 Å². The number of morpholine rings is 1. The predicted molar refractivity (Wildman–Crippen MR) is 106 cm³/mol. The number of benzene rings is 2. The maximum Gasteiger partial charge on any atom is 0.256 e. The largest absolute Gasteiger partial charge is 0.397 e. The number of ether oxygens (including phenoxy) is 1. The Morgan fingerprint density at radius 2 is 1.96 bits per heavy atom. The molecule has 5 nitrogen and oxygen atoms in total. The zero-order valence-electron chi connectivity index (χ0n) is 13.5. The highest BCUT2D eigenvalue weighted by atomic mass is 127. The predicted octanol–water partition coefficient (Wildman–Crippen LogP) is 3.27. The topological polar surface area (TPSA) is 67.6 Å². The second-order valence-electron chi connectivity index (χ2n) is 5.76. The molecule has 126 valence electrons. The molecule has 0 atom stereocenters. The van der Waals surface area contributed by atoms with E-state index in [9.17, 15) is 4.79 Å². The van der Waals surface area contributed by atoms with Crippen LogP contribution in [0.3, 0.4) is 0 Å². The van der Waals surface area contributed by atoms with Crippen LogP contribution in [-0.4, -0.2) is 32.2 Å². The quantitative estimate of drug-likeness (QED) is 0.572. The monoisotopic (exact) mass is 437 g/mol. The third-order valence-corrected chi connectivity index (χ3v) is 5.03. The molecule has 0 saturated carbocycles. The molecule has 1 aliphatic heterocycles. The lowest BCUT2D eigenvalue weighted by molar-refractivity contribution is 0.102. The average Bonchev–Trinajstić information content (AvgIpc) is 2.58. The molecule has 24 heavy (non-hydrogen) atoms. The molecule has 2 aromatic carbocycles. The third kappa shape index (κ3) is 3.64. The van der Waals surface area contributed by atoms with Gasteiger partial charge in [-0.2, -0.15) is 0 Å². The van der Waals surface area contributed by atoms with E-state index in [0.717, 1.165) is 39.3 Å². The number of rotatable bonds is 3. The minimum absolute atomic E-state index is 0.110. The Kier molecular flexibility index (Phi) is 5.25. The van der Waals surface area contributed by atoms with Crippen LogP contribution in [0.1, 0.15) is 15.9 Å². The van der Waals surface area contributed by atoms with Gasteiger partial charge >= 0.3 is 0 Å². The van der Waals surface area contributed by atoms with Gasteiger partial charge in [0.1, 0.15) is 0 Å². The molecule has 0 unspecified atom stereocenters. The molecule has 1 heterocycles. The van der Waals surface area contributed by atoms with Crippen molar-refractivity contribution in [3.05, 3.63) is 51.1 Å². The summed E-state index contributed by atoms with van der Waals surface area (Å²) >= 11 is 2.17. The van der Waals surface area contributed by atoms with Gasteiger partial charge in [-0.1, -0.05) is 12.1 Å². The van der Waals surface area contributed by atoms with Crippen LogP contribution in [0, 0.1) is 10.5 Å². The molecule has 1 fully saturated rings. The van der Waals surface area contributed by atoms with Crippen molar-refractivity contribution in [1.29, 1.82) is 0 Å². The fourth-order valence-electron chi connectivity index (χ4n) is 2.77. The molecule has 0 radical (unpaired) electrons. The van der Waals surface area contributed by atoms with Crippen LogP contribution in [0.25, 0.3) is 0 Å². The number of hydrogen-bond acceptors (Lipinski definition) is 4. The van der Waals surface area contributed by atoms with Gasteiger partial charge in [0.2, 0.25) is 0 Å². The SMILES string of the molecule is Cc1cc(N)c(N2CCOCC2)cc1NC(=O)c1ccccc1I. The van der Waals surface area contributed by atoms with Gasteiger partial charge in [-0.05, 0) is 59.3 Å². The molecule has 0 spiro atoms. The maximum atomic E-state index is 12.6. The van der Waals surface area contributed by atoms with E-state index < -0.39 is 0 Å². The van der Waals surface area contributed by atoms with Crippen molar-refractivity contribution in [3.63, 3.8) is 0 Å². The molecule has 0 aliphatic carbocycles. The standard InChI is InChI=1S/C18H20IN3O2/c1-12-10-15(20)17(22-6-8-24-9-7-22)11-16(12)21-18(23)13-4-2-3-5-14(13)19/h2-5,10-11H,6-9,20H2,1H3,(H,21,23). The molecule has 0 bridgehead atoms. The van der Waals surface area contributed by atoms with E-state index in [1.54, 1.807) is 0 Å². The summed E-state index contributed by atoms with van der Waals surface area (Å²) in [6, 6.07) is 11.4. The van der Waals surface area contributed by atoms with Crippen molar-refractivity contribution in [1.82, 2.24) is 0 Å². The number of nitrogens with one attached hydrogen (secondary N) is 1. The Labute approximate surface area is 155 Å². The van der Waals surface area contributed by atoms with Gasteiger partial charge in [-0.25, -0.2) is 0 Å². The minimum Gasteiger partial charge on any atom is -0.397 e. The number of aryl methyl sites for hydroxylation is 1. The summed E-state index contributed by atoms with van der Waals surface area (Å²) in [5, 5.41) is 3.02. The Morgan fingerprint density at radius 3 is 2.67 bits per heavy atom. The lowest BCUT2D eigenvalue weighted by atomic mass is 10.1. The highest BCUT2D eigenvalue weighted by Crippen LogP contribution is 2.31. The van der Waals surface area contributed by atoms with Crippen LogP contribution in [0.5, 0.6) is 0 Å². The lowest BCUT2D eigenvalue weighted by Crippen LogP contribution is -2.36. The Morgan fingerprint density at radius 1 is 1.25 bits per heavy atom. The van der Waals surface area contributed by atoms with Crippen molar-refractivity contribution in [2.24, 2.45) is 0 Å². The van der Waals surface area contributed by atoms with Gasteiger partial charge in [0.25, 0.3) is 5.91 Å². The molecule has 0 aromatic heterocycles. The van der Waals surface area contributed by atoms with Gasteiger partial charge < -0.3 is 20.7 Å². The van der Waals surface area contributed by atoms with Crippen molar-refractivity contribution in [2.45, 2.75) is 6.92 Å². The van der Waals surface area contributed by atoms with E-state index in [4.69, 9.17) is 10.5 Å². The summed E-state index contributed by atoms with van der Waals surface area (Å²) in [5.74, 6) is -0.110. The second kappa shape index (κ2) is 7.40.